The Hall–Kier alpha value is -4.76. The zero-order chi connectivity index (χ0) is 27.7. The molecule has 0 aromatic heterocycles. The average molecular weight is 579 g/mol. The molecule has 0 unspecified atom stereocenters. The molecule has 0 aliphatic carbocycles. The summed E-state index contributed by atoms with van der Waals surface area (Å²) in [7, 11) is 3.12. The summed E-state index contributed by atoms with van der Waals surface area (Å²) in [5.41, 5.74) is 14.3. The molecule has 0 aliphatic heterocycles. The first-order valence-corrected chi connectivity index (χ1v) is 11.5. The molecule has 0 saturated heterocycles. The zero-order valence-corrected chi connectivity index (χ0v) is 23.5. The summed E-state index contributed by atoms with van der Waals surface area (Å²) in [6.07, 6.45) is 0. The highest BCUT2D eigenvalue weighted by Crippen LogP contribution is 2.11. The Morgan fingerprint density at radius 2 is 0.900 bits per heavy atom. The molecule has 0 radical (unpaired) electrons. The van der Waals surface area contributed by atoms with E-state index in [-0.39, 0.29) is 49.0 Å². The number of nitrogens with zero attached hydrogens (tertiary/aromatic N) is 2. The monoisotopic (exact) mass is 578 g/mol. The summed E-state index contributed by atoms with van der Waals surface area (Å²) in [5.74, 6) is 6.69. The van der Waals surface area contributed by atoms with Crippen molar-refractivity contribution in [2.24, 2.45) is 0 Å². The number of nitrogens with two attached hydrogens (primary N) is 2. The Morgan fingerprint density at radius 3 is 1.23 bits per heavy atom. The van der Waals surface area contributed by atoms with Crippen LogP contribution in [-0.2, 0) is 22.7 Å². The van der Waals surface area contributed by atoms with Gasteiger partial charge in [0.05, 0.1) is 0 Å². The molecule has 0 bridgehead atoms. The third-order valence-electron chi connectivity index (χ3n) is 5.47. The molecule has 3 rings (SSSR count). The predicted molar refractivity (Wildman–Crippen MR) is 160 cm³/mol. The molecule has 8 nitrogen and oxygen atoms in total. The number of anilines is 2. The maximum atomic E-state index is 12.7. The van der Waals surface area contributed by atoms with Gasteiger partial charge in [-0.05, 0) is 59.4 Å². The van der Waals surface area contributed by atoms with E-state index in [0.717, 1.165) is 11.1 Å². The van der Waals surface area contributed by atoms with Crippen molar-refractivity contribution < 1.29 is 19.2 Å². The summed E-state index contributed by atoms with van der Waals surface area (Å²) >= 11 is 0. The van der Waals surface area contributed by atoms with Crippen LogP contribution in [0.3, 0.4) is 0 Å². The molecule has 4 N–H and O–H groups in total. The SMILES string of the molecule is CN(Cc1ccc(N)cc1)C(=O)C#CC(=O)c1ccccc1C(=O)C#CC(=O)N(C)Cc1ccc(N)cc1.Cl.Cl. The van der Waals surface area contributed by atoms with Crippen LogP contribution in [0.25, 0.3) is 0 Å². The number of nitrogen functional groups attached to an aromatic ring is 2. The van der Waals surface area contributed by atoms with E-state index < -0.39 is 23.4 Å². The molecule has 10 heteroatoms. The van der Waals surface area contributed by atoms with Crippen molar-refractivity contribution in [1.29, 1.82) is 0 Å². The van der Waals surface area contributed by atoms with Gasteiger partial charge in [0, 0.05) is 61.5 Å². The van der Waals surface area contributed by atoms with Crippen LogP contribution in [-0.4, -0.2) is 47.3 Å². The van der Waals surface area contributed by atoms with Gasteiger partial charge in [-0.1, -0.05) is 36.4 Å². The highest BCUT2D eigenvalue weighted by Gasteiger charge is 2.15. The van der Waals surface area contributed by atoms with Crippen LogP contribution in [0.4, 0.5) is 11.4 Å². The molecular weight excluding hydrogens is 551 g/mol. The fourth-order valence-electron chi connectivity index (χ4n) is 3.36. The molecular formula is C30H28Cl2N4O4. The van der Waals surface area contributed by atoms with Crippen LogP contribution < -0.4 is 11.5 Å². The first kappa shape index (κ1) is 33.3. The van der Waals surface area contributed by atoms with Crippen LogP contribution in [0.2, 0.25) is 0 Å². The predicted octanol–water partition coefficient (Wildman–Crippen LogP) is 3.38. The molecule has 0 heterocycles. The van der Waals surface area contributed by atoms with E-state index in [9.17, 15) is 19.2 Å². The molecule has 0 fully saturated rings. The van der Waals surface area contributed by atoms with Crippen LogP contribution in [0.15, 0.2) is 72.8 Å². The van der Waals surface area contributed by atoms with Gasteiger partial charge in [-0.25, -0.2) is 0 Å². The van der Waals surface area contributed by atoms with Crippen molar-refractivity contribution in [2.75, 3.05) is 25.6 Å². The van der Waals surface area contributed by atoms with Crippen molar-refractivity contribution >= 4 is 59.6 Å². The van der Waals surface area contributed by atoms with Crippen molar-refractivity contribution in [1.82, 2.24) is 9.80 Å². The van der Waals surface area contributed by atoms with Gasteiger partial charge in [0.25, 0.3) is 11.8 Å². The molecule has 3 aromatic carbocycles. The summed E-state index contributed by atoms with van der Waals surface area (Å²) in [6.45, 7) is 0.570. The third kappa shape index (κ3) is 9.52. The second-order valence-electron chi connectivity index (χ2n) is 8.51. The second-order valence-corrected chi connectivity index (χ2v) is 8.51. The lowest BCUT2D eigenvalue weighted by atomic mass is 10.0. The van der Waals surface area contributed by atoms with Gasteiger partial charge in [0.15, 0.2) is 0 Å². The quantitative estimate of drug-likeness (QED) is 0.200. The van der Waals surface area contributed by atoms with Crippen molar-refractivity contribution in [3.05, 3.63) is 95.1 Å². The number of amides is 2. The lowest BCUT2D eigenvalue weighted by molar-refractivity contribution is -0.125. The maximum absolute atomic E-state index is 12.7. The van der Waals surface area contributed by atoms with E-state index in [4.69, 9.17) is 11.5 Å². The number of halogens is 2. The fourth-order valence-corrected chi connectivity index (χ4v) is 3.36. The van der Waals surface area contributed by atoms with E-state index >= 15 is 0 Å². The Kier molecular flexibility index (Phi) is 13.0. The molecule has 3 aromatic rings. The molecule has 0 saturated carbocycles. The van der Waals surface area contributed by atoms with Crippen LogP contribution in [0.1, 0.15) is 31.8 Å². The van der Waals surface area contributed by atoms with Gasteiger partial charge in [-0.3, -0.25) is 19.2 Å². The Bertz CT molecular complexity index is 1380. The summed E-state index contributed by atoms with van der Waals surface area (Å²) < 4.78 is 0. The van der Waals surface area contributed by atoms with Crippen LogP contribution in [0, 0.1) is 23.7 Å². The normalized spacial score (nSPS) is 9.25. The van der Waals surface area contributed by atoms with Gasteiger partial charge < -0.3 is 21.3 Å². The number of hydrogen-bond acceptors (Lipinski definition) is 6. The molecule has 0 aliphatic rings. The summed E-state index contributed by atoms with van der Waals surface area (Å²) in [4.78, 5) is 53.0. The topological polar surface area (TPSA) is 127 Å². The minimum absolute atomic E-state index is 0. The van der Waals surface area contributed by atoms with Gasteiger partial charge in [-0.15, -0.1) is 24.8 Å². The van der Waals surface area contributed by atoms with E-state index in [2.05, 4.69) is 23.7 Å². The number of hydrogen-bond donors (Lipinski definition) is 2. The molecule has 0 atom stereocenters. The summed E-state index contributed by atoms with van der Waals surface area (Å²) in [5, 5.41) is 0. The minimum Gasteiger partial charge on any atom is -0.399 e. The molecule has 0 spiro atoms. The average Bonchev–Trinajstić information content (AvgIpc) is 2.92. The maximum Gasteiger partial charge on any atom is 0.298 e. The molecule has 206 valence electrons. The van der Waals surface area contributed by atoms with Gasteiger partial charge in [0.1, 0.15) is 0 Å². The van der Waals surface area contributed by atoms with Crippen molar-refractivity contribution in [2.45, 2.75) is 13.1 Å². The fraction of sp³-hybridized carbons (Fsp3) is 0.133. The van der Waals surface area contributed by atoms with E-state index in [1.54, 1.807) is 74.8 Å². The molecule has 40 heavy (non-hydrogen) atoms. The molecule has 2 amide bonds. The van der Waals surface area contributed by atoms with Gasteiger partial charge in [-0.2, -0.15) is 0 Å². The van der Waals surface area contributed by atoms with Gasteiger partial charge >= 0.3 is 0 Å². The van der Waals surface area contributed by atoms with Crippen LogP contribution in [0.5, 0.6) is 0 Å². The van der Waals surface area contributed by atoms with Crippen molar-refractivity contribution in [3.8, 4) is 23.7 Å². The zero-order valence-electron chi connectivity index (χ0n) is 21.8. The smallest absolute Gasteiger partial charge is 0.298 e. The lowest BCUT2D eigenvalue weighted by Gasteiger charge is -2.13. The Morgan fingerprint density at radius 1 is 0.575 bits per heavy atom. The summed E-state index contributed by atoms with van der Waals surface area (Å²) in [6, 6.07) is 20.1. The number of benzene rings is 3. The van der Waals surface area contributed by atoms with E-state index in [1.807, 2.05) is 0 Å². The number of rotatable bonds is 6. The Labute approximate surface area is 245 Å². The number of Topliss-reactive ketones (excluding diaryl/α,β-unsaturated/α-hetero) is 2. The van der Waals surface area contributed by atoms with Crippen LogP contribution >= 0.6 is 24.8 Å². The second kappa shape index (κ2) is 15.6. The van der Waals surface area contributed by atoms with Crippen molar-refractivity contribution in [3.63, 3.8) is 0 Å². The first-order valence-electron chi connectivity index (χ1n) is 11.5. The number of carbonyl (C=O) groups is 4. The first-order chi connectivity index (χ1) is 18.1. The highest BCUT2D eigenvalue weighted by atomic mass is 35.5. The lowest BCUT2D eigenvalue weighted by Crippen LogP contribution is -2.25. The minimum atomic E-state index is -0.711. The Balaban J connectivity index is 0.00000400. The number of ketones is 2. The largest absolute Gasteiger partial charge is 0.399 e. The van der Waals surface area contributed by atoms with E-state index in [0.29, 0.717) is 11.4 Å². The third-order valence-corrected chi connectivity index (χ3v) is 5.47. The number of carbonyl (C=O) groups excluding carboxylic acids is 4. The standard InChI is InChI=1S/C30H26N4O4.2ClH/c1-33(19-21-7-11-23(31)12-8-21)29(37)17-15-27(35)25-5-3-4-6-26(25)28(36)16-18-30(38)34(2)20-22-9-13-24(32)14-10-22;;/h3-14H,19-20,31-32H2,1-2H3;2*1H. The van der Waals surface area contributed by atoms with E-state index in [1.165, 1.54) is 21.9 Å². The van der Waals surface area contributed by atoms with Gasteiger partial charge in [0.2, 0.25) is 11.6 Å². The highest BCUT2D eigenvalue weighted by molar-refractivity contribution is 6.21.